The summed E-state index contributed by atoms with van der Waals surface area (Å²) in [5, 5.41) is 5.55. The number of anilines is 1. The average molecular weight is 497 g/mol. The normalized spacial score (nSPS) is 21.8. The first-order chi connectivity index (χ1) is 17.5. The molecule has 1 N–H and O–H groups in total. The molecule has 0 radical (unpaired) electrons. The Morgan fingerprint density at radius 1 is 0.972 bits per heavy atom. The maximum atomic E-state index is 13.7. The summed E-state index contributed by atoms with van der Waals surface area (Å²) >= 11 is 6.75. The standard InChI is InChI=1S/C29H25ClN4O2/c1-17-11-20(15-31-13-17)22-7-4-8-24(30)27(22)18-9-10-23-25(12-18)33-29(36)34(28(23)35)26-16-32-14-19-5-2-3-6-21(19)26/h2-8,11,13-16,18,23,25H,9-10,12H2,1H3,(H,33,36). The van der Waals surface area contributed by atoms with Crippen LogP contribution in [0.1, 0.15) is 36.3 Å². The highest BCUT2D eigenvalue weighted by Crippen LogP contribution is 2.45. The van der Waals surface area contributed by atoms with Crippen LogP contribution in [-0.4, -0.2) is 27.9 Å². The van der Waals surface area contributed by atoms with Crippen molar-refractivity contribution in [2.45, 2.75) is 38.1 Å². The second kappa shape index (κ2) is 9.03. The number of aromatic nitrogens is 2. The van der Waals surface area contributed by atoms with Crippen molar-refractivity contribution in [2.75, 3.05) is 4.90 Å². The first-order valence-corrected chi connectivity index (χ1v) is 12.6. The summed E-state index contributed by atoms with van der Waals surface area (Å²) in [5.41, 5.74) is 4.74. The number of urea groups is 1. The van der Waals surface area contributed by atoms with Gasteiger partial charge >= 0.3 is 6.03 Å². The fourth-order valence-corrected chi connectivity index (χ4v) is 6.12. The number of aryl methyl sites for hydroxylation is 1. The topological polar surface area (TPSA) is 75.2 Å². The third-order valence-electron chi connectivity index (χ3n) is 7.44. The number of hydrogen-bond donors (Lipinski definition) is 1. The van der Waals surface area contributed by atoms with E-state index in [1.165, 1.54) is 4.90 Å². The summed E-state index contributed by atoms with van der Waals surface area (Å²) < 4.78 is 0. The molecule has 6 nitrogen and oxygen atoms in total. The SMILES string of the molecule is Cc1cncc(-c2cccc(Cl)c2C2CCC3C(=O)N(c4cncc5ccccc45)C(=O)NC3C2)c1. The largest absolute Gasteiger partial charge is 0.334 e. The van der Waals surface area contributed by atoms with Crippen LogP contribution in [0.25, 0.3) is 21.9 Å². The van der Waals surface area contributed by atoms with Gasteiger partial charge in [0, 0.05) is 46.0 Å². The van der Waals surface area contributed by atoms with E-state index < -0.39 is 6.03 Å². The van der Waals surface area contributed by atoms with Crippen molar-refractivity contribution in [1.82, 2.24) is 15.3 Å². The molecular formula is C29H25ClN4O2. The van der Waals surface area contributed by atoms with Crippen molar-refractivity contribution >= 4 is 40.0 Å². The van der Waals surface area contributed by atoms with E-state index >= 15 is 0 Å². The molecule has 3 heterocycles. The van der Waals surface area contributed by atoms with E-state index in [1.807, 2.05) is 55.7 Å². The number of imide groups is 1. The van der Waals surface area contributed by atoms with Gasteiger partial charge in [0.05, 0.1) is 17.8 Å². The molecule has 1 saturated carbocycles. The van der Waals surface area contributed by atoms with Crippen LogP contribution >= 0.6 is 11.6 Å². The highest BCUT2D eigenvalue weighted by molar-refractivity contribution is 6.32. The van der Waals surface area contributed by atoms with E-state index in [1.54, 1.807) is 12.4 Å². The van der Waals surface area contributed by atoms with Gasteiger partial charge in [0.25, 0.3) is 0 Å². The van der Waals surface area contributed by atoms with Crippen LogP contribution in [0.15, 0.2) is 73.3 Å². The lowest BCUT2D eigenvalue weighted by atomic mass is 9.72. The molecule has 3 amide bonds. The van der Waals surface area contributed by atoms with Crippen LogP contribution in [0.4, 0.5) is 10.5 Å². The molecule has 2 fully saturated rings. The third-order valence-corrected chi connectivity index (χ3v) is 7.76. The molecule has 6 rings (SSSR count). The second-order valence-electron chi connectivity index (χ2n) is 9.68. The van der Waals surface area contributed by atoms with E-state index in [9.17, 15) is 9.59 Å². The van der Waals surface area contributed by atoms with Gasteiger partial charge in [0.2, 0.25) is 5.91 Å². The molecule has 0 spiro atoms. The lowest BCUT2D eigenvalue weighted by Gasteiger charge is -2.43. The number of fused-ring (bicyclic) bond motifs is 2. The molecule has 3 atom stereocenters. The number of nitrogens with one attached hydrogen (secondary N) is 1. The summed E-state index contributed by atoms with van der Waals surface area (Å²) in [6.07, 6.45) is 9.15. The Hall–Kier alpha value is -3.77. The third kappa shape index (κ3) is 3.82. The first kappa shape index (κ1) is 22.7. The number of carbonyl (C=O) groups is 2. The van der Waals surface area contributed by atoms with Crippen LogP contribution in [0.5, 0.6) is 0 Å². The molecule has 36 heavy (non-hydrogen) atoms. The van der Waals surface area contributed by atoms with Crippen molar-refractivity contribution in [1.29, 1.82) is 0 Å². The molecule has 4 aromatic rings. The van der Waals surface area contributed by atoms with Crippen molar-refractivity contribution in [2.24, 2.45) is 5.92 Å². The maximum Gasteiger partial charge on any atom is 0.329 e. The van der Waals surface area contributed by atoms with Crippen LogP contribution in [0, 0.1) is 12.8 Å². The number of pyridine rings is 2. The summed E-state index contributed by atoms with van der Waals surface area (Å²) in [5.74, 6) is -0.332. The van der Waals surface area contributed by atoms with Gasteiger partial charge in [-0.15, -0.1) is 0 Å². The lowest BCUT2D eigenvalue weighted by molar-refractivity contribution is -0.124. The zero-order valence-electron chi connectivity index (χ0n) is 19.8. The number of benzene rings is 2. The monoisotopic (exact) mass is 496 g/mol. The Morgan fingerprint density at radius 2 is 1.81 bits per heavy atom. The quantitative estimate of drug-likeness (QED) is 0.363. The summed E-state index contributed by atoms with van der Waals surface area (Å²) in [7, 11) is 0. The molecule has 0 bridgehead atoms. The number of carbonyl (C=O) groups excluding carboxylic acids is 2. The van der Waals surface area contributed by atoms with Gasteiger partial charge < -0.3 is 5.32 Å². The Balaban J connectivity index is 1.31. The van der Waals surface area contributed by atoms with Crippen molar-refractivity contribution < 1.29 is 9.59 Å². The van der Waals surface area contributed by atoms with Gasteiger partial charge in [-0.2, -0.15) is 0 Å². The fourth-order valence-electron chi connectivity index (χ4n) is 5.79. The highest BCUT2D eigenvalue weighted by Gasteiger charge is 2.45. The number of rotatable bonds is 3. The minimum atomic E-state index is -0.401. The average Bonchev–Trinajstić information content (AvgIpc) is 2.88. The molecule has 2 aromatic heterocycles. The molecule has 7 heteroatoms. The van der Waals surface area contributed by atoms with Crippen LogP contribution in [0.3, 0.4) is 0 Å². The van der Waals surface area contributed by atoms with Gasteiger partial charge in [-0.1, -0.05) is 48.0 Å². The van der Waals surface area contributed by atoms with Gasteiger partial charge in [-0.05, 0) is 60.9 Å². The molecule has 1 aliphatic heterocycles. The van der Waals surface area contributed by atoms with Crippen molar-refractivity contribution in [3.63, 3.8) is 0 Å². The maximum absolute atomic E-state index is 13.7. The number of nitrogens with zero attached hydrogens (tertiary/aromatic N) is 3. The Kier molecular flexibility index (Phi) is 5.69. The number of amides is 3. The molecular weight excluding hydrogens is 472 g/mol. The van der Waals surface area contributed by atoms with Gasteiger partial charge in [0.1, 0.15) is 0 Å². The van der Waals surface area contributed by atoms with Crippen LogP contribution in [-0.2, 0) is 4.79 Å². The second-order valence-corrected chi connectivity index (χ2v) is 10.1. The molecule has 2 aliphatic rings. The van der Waals surface area contributed by atoms with E-state index in [0.717, 1.165) is 39.4 Å². The number of hydrogen-bond acceptors (Lipinski definition) is 4. The molecule has 1 saturated heterocycles. The lowest BCUT2D eigenvalue weighted by Crippen LogP contribution is -2.61. The van der Waals surface area contributed by atoms with Gasteiger partial charge in [-0.25, -0.2) is 9.69 Å². The smallest absolute Gasteiger partial charge is 0.329 e. The Bertz CT molecular complexity index is 1500. The summed E-state index contributed by atoms with van der Waals surface area (Å²) in [4.78, 5) is 36.8. The Labute approximate surface area is 214 Å². The van der Waals surface area contributed by atoms with E-state index in [4.69, 9.17) is 11.6 Å². The molecule has 3 unspecified atom stereocenters. The predicted molar refractivity (Wildman–Crippen MR) is 141 cm³/mol. The molecule has 1 aliphatic carbocycles. The summed E-state index contributed by atoms with van der Waals surface area (Å²) in [6, 6.07) is 15.1. The minimum Gasteiger partial charge on any atom is -0.334 e. The highest BCUT2D eigenvalue weighted by atomic mass is 35.5. The minimum absolute atomic E-state index is 0.120. The van der Waals surface area contributed by atoms with Crippen molar-refractivity contribution in [3.8, 4) is 11.1 Å². The van der Waals surface area contributed by atoms with Crippen molar-refractivity contribution in [3.05, 3.63) is 89.5 Å². The zero-order valence-corrected chi connectivity index (χ0v) is 20.6. The fraction of sp³-hybridized carbons (Fsp3) is 0.241. The van der Waals surface area contributed by atoms with Gasteiger partial charge in [0.15, 0.2) is 0 Å². The number of halogens is 1. The summed E-state index contributed by atoms with van der Waals surface area (Å²) in [6.45, 7) is 2.02. The van der Waals surface area contributed by atoms with Crippen LogP contribution < -0.4 is 10.2 Å². The zero-order chi connectivity index (χ0) is 24.8. The molecule has 180 valence electrons. The first-order valence-electron chi connectivity index (χ1n) is 12.2. The van der Waals surface area contributed by atoms with Gasteiger partial charge in [-0.3, -0.25) is 14.8 Å². The molecule has 2 aromatic carbocycles. The Morgan fingerprint density at radius 3 is 2.67 bits per heavy atom. The van der Waals surface area contributed by atoms with Crippen LogP contribution in [0.2, 0.25) is 5.02 Å². The van der Waals surface area contributed by atoms with E-state index in [0.29, 0.717) is 23.6 Å². The predicted octanol–water partition coefficient (Wildman–Crippen LogP) is 6.27. The van der Waals surface area contributed by atoms with E-state index in [-0.39, 0.29) is 23.8 Å². The van der Waals surface area contributed by atoms with E-state index in [2.05, 4.69) is 27.4 Å².